The van der Waals surface area contributed by atoms with Crippen LogP contribution < -0.4 is 0 Å². The first kappa shape index (κ1) is 25.4. The van der Waals surface area contributed by atoms with Crippen LogP contribution in [0.4, 0.5) is 0 Å². The van der Waals surface area contributed by atoms with Crippen LogP contribution in [-0.4, -0.2) is 68.2 Å². The second kappa shape index (κ2) is 12.0. The molecule has 0 bridgehead atoms. The number of ether oxygens (including phenoxy) is 2. The van der Waals surface area contributed by atoms with Gasteiger partial charge in [0.05, 0.1) is 24.0 Å². The van der Waals surface area contributed by atoms with Crippen LogP contribution in [0, 0.1) is 0 Å². The van der Waals surface area contributed by atoms with E-state index in [0.29, 0.717) is 0 Å². The standard InChI is InChI=1S/C16H12O14/c17-9(18)3-7(15(25)26)5-13(23)29-11(21)1-2-12(22)30-14(24)6-8(16(27)28)4-10(19)20/h1-2,5-6H,3-4H2,(H,17,18)(H,19,20)(H,25,26)(H,27,28)/b2-1-,7-5?,8-6?. The molecule has 0 aromatic carbocycles. The molecule has 160 valence electrons. The Labute approximate surface area is 165 Å². The fraction of sp³-hybridized carbons (Fsp3) is 0.125. The maximum Gasteiger partial charge on any atom is 0.339 e. The highest BCUT2D eigenvalue weighted by Crippen LogP contribution is 2.04. The molecule has 4 N–H and O–H groups in total. The Morgan fingerprint density at radius 1 is 0.533 bits per heavy atom. The Bertz CT molecular complexity index is 814. The summed E-state index contributed by atoms with van der Waals surface area (Å²) in [4.78, 5) is 87.8. The summed E-state index contributed by atoms with van der Waals surface area (Å²) in [5, 5.41) is 34.4. The van der Waals surface area contributed by atoms with Crippen molar-refractivity contribution in [3.05, 3.63) is 35.5 Å². The molecule has 14 nitrogen and oxygen atoms in total. The third-order valence-electron chi connectivity index (χ3n) is 2.57. The van der Waals surface area contributed by atoms with E-state index < -0.39 is 71.7 Å². The van der Waals surface area contributed by atoms with E-state index in [2.05, 4.69) is 9.47 Å². The average Bonchev–Trinajstić information content (AvgIpc) is 2.57. The molecule has 0 aliphatic carbocycles. The first-order valence-corrected chi connectivity index (χ1v) is 7.32. The van der Waals surface area contributed by atoms with Crippen molar-refractivity contribution in [2.75, 3.05) is 0 Å². The molecule has 0 aliphatic heterocycles. The number of carbonyl (C=O) groups excluding carboxylic acids is 4. The molecule has 0 saturated carbocycles. The van der Waals surface area contributed by atoms with E-state index >= 15 is 0 Å². The lowest BCUT2D eigenvalue weighted by molar-refractivity contribution is -0.155. The molecule has 0 atom stereocenters. The second-order valence-corrected chi connectivity index (χ2v) is 4.90. The summed E-state index contributed by atoms with van der Waals surface area (Å²) in [5.74, 6) is -12.8. The second-order valence-electron chi connectivity index (χ2n) is 4.90. The molecule has 0 unspecified atom stereocenters. The van der Waals surface area contributed by atoms with Gasteiger partial charge < -0.3 is 29.9 Å². The highest BCUT2D eigenvalue weighted by Gasteiger charge is 2.17. The van der Waals surface area contributed by atoms with Gasteiger partial charge in [-0.25, -0.2) is 28.8 Å². The van der Waals surface area contributed by atoms with Crippen LogP contribution in [0.1, 0.15) is 12.8 Å². The van der Waals surface area contributed by atoms with Crippen LogP contribution >= 0.6 is 0 Å². The summed E-state index contributed by atoms with van der Waals surface area (Å²) in [6, 6.07) is 0. The Hall–Kier alpha value is -4.62. The molecule has 0 heterocycles. The molecule has 0 aromatic rings. The number of esters is 4. The van der Waals surface area contributed by atoms with E-state index in [4.69, 9.17) is 20.4 Å². The van der Waals surface area contributed by atoms with Gasteiger partial charge in [-0.1, -0.05) is 0 Å². The van der Waals surface area contributed by atoms with Crippen molar-refractivity contribution in [3.63, 3.8) is 0 Å². The minimum atomic E-state index is -1.75. The van der Waals surface area contributed by atoms with Gasteiger partial charge in [0, 0.05) is 24.3 Å². The lowest BCUT2D eigenvalue weighted by Crippen LogP contribution is -2.14. The van der Waals surface area contributed by atoms with Crippen molar-refractivity contribution in [1.82, 2.24) is 0 Å². The number of hydrogen-bond acceptors (Lipinski definition) is 10. The van der Waals surface area contributed by atoms with E-state index in [1.54, 1.807) is 0 Å². The molecule has 30 heavy (non-hydrogen) atoms. The normalized spacial score (nSPS) is 11.5. The van der Waals surface area contributed by atoms with Crippen LogP contribution in [0.2, 0.25) is 0 Å². The molecular weight excluding hydrogens is 416 g/mol. The number of hydrogen-bond donors (Lipinski definition) is 4. The fourth-order valence-corrected chi connectivity index (χ4v) is 1.45. The van der Waals surface area contributed by atoms with Crippen LogP contribution in [-0.2, 0) is 47.8 Å². The summed E-state index contributed by atoms with van der Waals surface area (Å²) in [7, 11) is 0. The van der Waals surface area contributed by atoms with Crippen molar-refractivity contribution in [3.8, 4) is 0 Å². The minimum Gasteiger partial charge on any atom is -0.481 e. The van der Waals surface area contributed by atoms with Gasteiger partial charge in [-0.2, -0.15) is 0 Å². The molecular formula is C16H12O14. The van der Waals surface area contributed by atoms with Crippen LogP contribution in [0.5, 0.6) is 0 Å². The van der Waals surface area contributed by atoms with Gasteiger partial charge in [-0.05, 0) is 0 Å². The van der Waals surface area contributed by atoms with E-state index in [1.165, 1.54) is 0 Å². The van der Waals surface area contributed by atoms with Gasteiger partial charge in [-0.15, -0.1) is 0 Å². The molecule has 0 radical (unpaired) electrons. The Morgan fingerprint density at radius 3 is 1.07 bits per heavy atom. The average molecular weight is 428 g/mol. The number of carboxylic acids is 4. The first-order valence-electron chi connectivity index (χ1n) is 7.32. The largest absolute Gasteiger partial charge is 0.481 e. The summed E-state index contributed by atoms with van der Waals surface area (Å²) in [5.41, 5.74) is -1.78. The van der Waals surface area contributed by atoms with Gasteiger partial charge in [0.1, 0.15) is 0 Å². The predicted octanol–water partition coefficient (Wildman–Crippen LogP) is -1.35. The predicted molar refractivity (Wildman–Crippen MR) is 87.3 cm³/mol. The van der Waals surface area contributed by atoms with Crippen molar-refractivity contribution in [2.45, 2.75) is 12.8 Å². The number of carboxylic acid groups (broad SMARTS) is 4. The van der Waals surface area contributed by atoms with Gasteiger partial charge in [0.25, 0.3) is 0 Å². The van der Waals surface area contributed by atoms with Crippen molar-refractivity contribution in [2.24, 2.45) is 0 Å². The molecule has 0 aliphatic rings. The minimum absolute atomic E-state index is 0.227. The Kier molecular flexibility index (Phi) is 10.1. The van der Waals surface area contributed by atoms with Crippen molar-refractivity contribution >= 4 is 47.8 Å². The molecule has 14 heteroatoms. The molecule has 0 rings (SSSR count). The van der Waals surface area contributed by atoms with Gasteiger partial charge in [-0.3, -0.25) is 9.59 Å². The highest BCUT2D eigenvalue weighted by atomic mass is 16.6. The summed E-state index contributed by atoms with van der Waals surface area (Å²) >= 11 is 0. The topological polar surface area (TPSA) is 236 Å². The zero-order valence-electron chi connectivity index (χ0n) is 14.6. The Balaban J connectivity index is 4.93. The fourth-order valence-electron chi connectivity index (χ4n) is 1.45. The molecule has 0 aromatic heterocycles. The van der Waals surface area contributed by atoms with Crippen molar-refractivity contribution < 1.29 is 68.3 Å². The zero-order valence-corrected chi connectivity index (χ0v) is 14.6. The van der Waals surface area contributed by atoms with E-state index in [-0.39, 0.29) is 24.3 Å². The van der Waals surface area contributed by atoms with Gasteiger partial charge >= 0.3 is 47.8 Å². The Morgan fingerprint density at radius 2 is 0.833 bits per heavy atom. The van der Waals surface area contributed by atoms with E-state index in [0.717, 1.165) is 0 Å². The number of aliphatic carboxylic acids is 4. The SMILES string of the molecule is O=C(O)CC(=CC(=O)OC(=O)/C=C\C(=O)OC(=O)C=C(CC(=O)O)C(=O)O)C(=O)O. The maximum absolute atomic E-state index is 11.4. The van der Waals surface area contributed by atoms with Crippen LogP contribution in [0.15, 0.2) is 35.5 Å². The summed E-state index contributed by atoms with van der Waals surface area (Å²) < 4.78 is 8.13. The van der Waals surface area contributed by atoms with E-state index in [9.17, 15) is 38.4 Å². The molecule has 0 spiro atoms. The highest BCUT2D eigenvalue weighted by molar-refractivity contribution is 6.05. The zero-order chi connectivity index (χ0) is 23.4. The van der Waals surface area contributed by atoms with Gasteiger partial charge in [0.2, 0.25) is 0 Å². The van der Waals surface area contributed by atoms with Crippen LogP contribution in [0.25, 0.3) is 0 Å². The lowest BCUT2D eigenvalue weighted by atomic mass is 10.2. The first-order chi connectivity index (χ1) is 13.8. The molecule has 0 saturated heterocycles. The lowest BCUT2D eigenvalue weighted by Gasteiger charge is -2.00. The summed E-state index contributed by atoms with van der Waals surface area (Å²) in [6.07, 6.45) is -1.06. The molecule has 0 fully saturated rings. The molecule has 0 amide bonds. The third-order valence-corrected chi connectivity index (χ3v) is 2.57. The van der Waals surface area contributed by atoms with Gasteiger partial charge in [0.15, 0.2) is 0 Å². The quantitative estimate of drug-likeness (QED) is 0.179. The monoisotopic (exact) mass is 428 g/mol. The third kappa shape index (κ3) is 11.2. The smallest absolute Gasteiger partial charge is 0.339 e. The van der Waals surface area contributed by atoms with E-state index in [1.807, 2.05) is 0 Å². The summed E-state index contributed by atoms with van der Waals surface area (Å²) in [6.45, 7) is 0. The number of rotatable bonds is 10. The van der Waals surface area contributed by atoms with Crippen LogP contribution in [0.3, 0.4) is 0 Å². The maximum atomic E-state index is 11.4. The number of carbonyl (C=O) groups is 8. The van der Waals surface area contributed by atoms with Crippen molar-refractivity contribution in [1.29, 1.82) is 0 Å².